The van der Waals surface area contributed by atoms with Crippen molar-refractivity contribution in [2.45, 2.75) is 17.7 Å². The fourth-order valence-electron chi connectivity index (χ4n) is 1.34. The van der Waals surface area contributed by atoms with Crippen LogP contribution in [0.4, 0.5) is 5.69 Å². The third-order valence-corrected chi connectivity index (χ3v) is 4.83. The summed E-state index contributed by atoms with van der Waals surface area (Å²) in [4.78, 5) is 0.145. The SMILES string of the molecule is CSCCCCNS(=O)(=O)c1ccc(N)c(Cl)c1. The maximum atomic E-state index is 11.9. The average molecular weight is 309 g/mol. The molecule has 4 nitrogen and oxygen atoms in total. The first-order chi connectivity index (χ1) is 8.47. The van der Waals surface area contributed by atoms with Gasteiger partial charge in [-0.1, -0.05) is 11.6 Å². The van der Waals surface area contributed by atoms with Gasteiger partial charge in [-0.2, -0.15) is 11.8 Å². The number of benzene rings is 1. The van der Waals surface area contributed by atoms with E-state index in [4.69, 9.17) is 17.3 Å². The summed E-state index contributed by atoms with van der Waals surface area (Å²) in [6, 6.07) is 4.30. The molecule has 1 aromatic carbocycles. The third kappa shape index (κ3) is 4.68. The van der Waals surface area contributed by atoms with Crippen LogP contribution in [0.2, 0.25) is 5.02 Å². The van der Waals surface area contributed by atoms with Crippen LogP contribution < -0.4 is 10.5 Å². The van der Waals surface area contributed by atoms with Gasteiger partial charge in [0.2, 0.25) is 10.0 Å². The predicted octanol–water partition coefficient (Wildman–Crippen LogP) is 2.34. The molecular formula is C11H17ClN2O2S2. The monoisotopic (exact) mass is 308 g/mol. The van der Waals surface area contributed by atoms with E-state index in [1.54, 1.807) is 11.8 Å². The van der Waals surface area contributed by atoms with Gasteiger partial charge in [-0.3, -0.25) is 0 Å². The number of nitrogens with one attached hydrogen (secondary N) is 1. The van der Waals surface area contributed by atoms with E-state index >= 15 is 0 Å². The molecule has 0 heterocycles. The second-order valence-electron chi connectivity index (χ2n) is 3.78. The molecule has 0 amide bonds. The van der Waals surface area contributed by atoms with Crippen molar-refractivity contribution in [3.8, 4) is 0 Å². The fraction of sp³-hybridized carbons (Fsp3) is 0.455. The lowest BCUT2D eigenvalue weighted by molar-refractivity contribution is 0.578. The van der Waals surface area contributed by atoms with E-state index in [2.05, 4.69) is 4.72 Å². The van der Waals surface area contributed by atoms with Crippen molar-refractivity contribution < 1.29 is 8.42 Å². The molecule has 0 saturated heterocycles. The van der Waals surface area contributed by atoms with Crippen molar-refractivity contribution in [2.24, 2.45) is 0 Å². The highest BCUT2D eigenvalue weighted by Gasteiger charge is 2.14. The zero-order valence-electron chi connectivity index (χ0n) is 10.1. The van der Waals surface area contributed by atoms with Gasteiger partial charge in [0, 0.05) is 6.54 Å². The summed E-state index contributed by atoms with van der Waals surface area (Å²) in [6.45, 7) is 0.435. The number of rotatable bonds is 7. The Balaban J connectivity index is 2.60. The molecule has 0 bridgehead atoms. The molecule has 0 spiro atoms. The van der Waals surface area contributed by atoms with Gasteiger partial charge < -0.3 is 5.73 Å². The van der Waals surface area contributed by atoms with Crippen molar-refractivity contribution >= 4 is 39.1 Å². The van der Waals surface area contributed by atoms with E-state index in [-0.39, 0.29) is 9.92 Å². The van der Waals surface area contributed by atoms with Crippen LogP contribution in [0, 0.1) is 0 Å². The molecule has 0 unspecified atom stereocenters. The number of thioether (sulfide) groups is 1. The molecule has 7 heteroatoms. The summed E-state index contributed by atoms with van der Waals surface area (Å²) in [5, 5.41) is 0.250. The Labute approximate surface area is 117 Å². The van der Waals surface area contributed by atoms with Crippen molar-refractivity contribution in [1.82, 2.24) is 4.72 Å². The maximum absolute atomic E-state index is 11.9. The second-order valence-corrected chi connectivity index (χ2v) is 6.94. The molecule has 1 rings (SSSR count). The van der Waals surface area contributed by atoms with Crippen LogP contribution in [0.5, 0.6) is 0 Å². The van der Waals surface area contributed by atoms with Crippen molar-refractivity contribution in [3.63, 3.8) is 0 Å². The van der Waals surface area contributed by atoms with Crippen LogP contribution in [-0.2, 0) is 10.0 Å². The highest BCUT2D eigenvalue weighted by molar-refractivity contribution is 7.98. The molecule has 0 aromatic heterocycles. The largest absolute Gasteiger partial charge is 0.398 e. The van der Waals surface area contributed by atoms with E-state index in [1.165, 1.54) is 18.2 Å². The van der Waals surface area contributed by atoms with Gasteiger partial charge in [0.1, 0.15) is 0 Å². The molecule has 3 N–H and O–H groups in total. The number of hydrogen-bond donors (Lipinski definition) is 2. The minimum absolute atomic E-state index is 0.145. The molecule has 0 fully saturated rings. The van der Waals surface area contributed by atoms with E-state index < -0.39 is 10.0 Å². The van der Waals surface area contributed by atoms with Gasteiger partial charge >= 0.3 is 0 Å². The number of nitrogen functional groups attached to an aromatic ring is 1. The van der Waals surface area contributed by atoms with E-state index in [1.807, 2.05) is 6.26 Å². The third-order valence-electron chi connectivity index (χ3n) is 2.35. The Kier molecular flexibility index (Phi) is 6.28. The molecule has 0 aliphatic carbocycles. The molecule has 1 aromatic rings. The number of halogens is 1. The standard InChI is InChI=1S/C11H17ClN2O2S2/c1-17-7-3-2-6-14-18(15,16)9-4-5-11(13)10(12)8-9/h4-5,8,14H,2-3,6-7,13H2,1H3. The number of nitrogens with two attached hydrogens (primary N) is 1. The van der Waals surface area contributed by atoms with Crippen LogP contribution >= 0.6 is 23.4 Å². The Hall–Kier alpha value is -0.430. The zero-order chi connectivity index (χ0) is 13.6. The lowest BCUT2D eigenvalue weighted by Crippen LogP contribution is -2.24. The van der Waals surface area contributed by atoms with Crippen LogP contribution in [0.3, 0.4) is 0 Å². The Bertz CT molecular complexity index is 492. The molecule has 0 radical (unpaired) electrons. The summed E-state index contributed by atoms with van der Waals surface area (Å²) < 4.78 is 26.4. The molecule has 0 saturated carbocycles. The molecule has 0 aliphatic rings. The van der Waals surface area contributed by atoms with E-state index in [9.17, 15) is 8.42 Å². The summed E-state index contributed by atoms with van der Waals surface area (Å²) >= 11 is 7.55. The summed E-state index contributed by atoms with van der Waals surface area (Å²) in [5.74, 6) is 1.04. The van der Waals surface area contributed by atoms with Gasteiger partial charge in [-0.15, -0.1) is 0 Å². The molecule has 102 valence electrons. The summed E-state index contributed by atoms with van der Waals surface area (Å²) in [7, 11) is -3.48. The first-order valence-corrected chi connectivity index (χ1v) is 8.76. The fourth-order valence-corrected chi connectivity index (χ4v) is 3.17. The molecule has 0 atom stereocenters. The van der Waals surface area contributed by atoms with Gasteiger partial charge in [0.05, 0.1) is 15.6 Å². The van der Waals surface area contributed by atoms with Crippen molar-refractivity contribution in [2.75, 3.05) is 24.3 Å². The van der Waals surface area contributed by atoms with Gasteiger partial charge in [-0.25, -0.2) is 13.1 Å². The second kappa shape index (κ2) is 7.23. The predicted molar refractivity (Wildman–Crippen MR) is 78.7 cm³/mol. The molecular weight excluding hydrogens is 292 g/mol. The minimum atomic E-state index is -3.48. The number of sulfonamides is 1. The highest BCUT2D eigenvalue weighted by atomic mass is 35.5. The average Bonchev–Trinajstić information content (AvgIpc) is 2.32. The van der Waals surface area contributed by atoms with Crippen molar-refractivity contribution in [1.29, 1.82) is 0 Å². The smallest absolute Gasteiger partial charge is 0.240 e. The maximum Gasteiger partial charge on any atom is 0.240 e. The summed E-state index contributed by atoms with van der Waals surface area (Å²) in [5.41, 5.74) is 5.91. The molecule has 18 heavy (non-hydrogen) atoms. The van der Waals surface area contributed by atoms with Crippen LogP contribution in [0.1, 0.15) is 12.8 Å². The van der Waals surface area contributed by atoms with Crippen LogP contribution in [-0.4, -0.2) is 27.0 Å². The van der Waals surface area contributed by atoms with Crippen LogP contribution in [0.15, 0.2) is 23.1 Å². The number of unbranched alkanes of at least 4 members (excludes halogenated alkanes) is 1. The Morgan fingerprint density at radius 2 is 2.11 bits per heavy atom. The highest BCUT2D eigenvalue weighted by Crippen LogP contribution is 2.22. The minimum Gasteiger partial charge on any atom is -0.398 e. The van der Waals surface area contributed by atoms with Gasteiger partial charge in [0.15, 0.2) is 0 Å². The van der Waals surface area contributed by atoms with Crippen LogP contribution in [0.25, 0.3) is 0 Å². The zero-order valence-corrected chi connectivity index (χ0v) is 12.5. The first-order valence-electron chi connectivity index (χ1n) is 5.51. The Morgan fingerprint density at radius 3 is 2.72 bits per heavy atom. The number of anilines is 1. The molecule has 0 aliphatic heterocycles. The van der Waals surface area contributed by atoms with Crippen molar-refractivity contribution in [3.05, 3.63) is 23.2 Å². The van der Waals surface area contributed by atoms with E-state index in [0.717, 1.165) is 18.6 Å². The first kappa shape index (κ1) is 15.6. The lowest BCUT2D eigenvalue weighted by atomic mass is 10.3. The Morgan fingerprint density at radius 1 is 1.39 bits per heavy atom. The lowest BCUT2D eigenvalue weighted by Gasteiger charge is -2.07. The number of hydrogen-bond acceptors (Lipinski definition) is 4. The van der Waals surface area contributed by atoms with Gasteiger partial charge in [0.25, 0.3) is 0 Å². The quantitative estimate of drug-likeness (QED) is 0.599. The van der Waals surface area contributed by atoms with Gasteiger partial charge in [-0.05, 0) is 43.0 Å². The summed E-state index contributed by atoms with van der Waals surface area (Å²) in [6.07, 6.45) is 3.84. The van der Waals surface area contributed by atoms with E-state index in [0.29, 0.717) is 12.2 Å². The topological polar surface area (TPSA) is 72.2 Å². The normalized spacial score (nSPS) is 11.7.